The van der Waals surface area contributed by atoms with Crippen molar-refractivity contribution in [3.63, 3.8) is 0 Å². The van der Waals surface area contributed by atoms with Crippen LogP contribution < -0.4 is 0 Å². The van der Waals surface area contributed by atoms with Crippen LogP contribution in [0.5, 0.6) is 0 Å². The summed E-state index contributed by atoms with van der Waals surface area (Å²) in [6.07, 6.45) is 78.5. The van der Waals surface area contributed by atoms with E-state index in [1.165, 1.54) is 308 Å². The molecule has 0 fully saturated rings. The van der Waals surface area contributed by atoms with E-state index >= 15 is 0 Å². The molecule has 0 aliphatic heterocycles. The Balaban J connectivity index is 4.04. The minimum Gasteiger partial charge on any atom is -0.465 e. The molecule has 0 bridgehead atoms. The van der Waals surface area contributed by atoms with Gasteiger partial charge in [-0.15, -0.1) is 0 Å². The molecule has 0 heterocycles. The Kier molecular flexibility index (Phi) is 61.1. The van der Waals surface area contributed by atoms with Crippen LogP contribution in [0.25, 0.3) is 0 Å². The maximum Gasteiger partial charge on any atom is 0.309 e. The Bertz CT molecular complexity index is 1060. The van der Waals surface area contributed by atoms with Crippen LogP contribution in [0.1, 0.15) is 387 Å². The van der Waals surface area contributed by atoms with Gasteiger partial charge in [0.1, 0.15) is 0 Å². The van der Waals surface area contributed by atoms with Gasteiger partial charge in [0.2, 0.25) is 5.91 Å². The Morgan fingerprint density at radius 3 is 0.875 bits per heavy atom. The highest BCUT2D eigenvalue weighted by molar-refractivity contribution is 5.83. The third-order valence-corrected chi connectivity index (χ3v) is 16.0. The van der Waals surface area contributed by atoms with Crippen LogP contribution in [-0.2, 0) is 14.3 Å². The molecule has 0 saturated carbocycles. The Morgan fingerprint density at radius 2 is 0.569 bits per heavy atom. The van der Waals surface area contributed by atoms with E-state index < -0.39 is 0 Å². The summed E-state index contributed by atoms with van der Waals surface area (Å²) in [6.45, 7) is 11.2. The van der Waals surface area contributed by atoms with Crippen LogP contribution in [0.2, 0.25) is 0 Å². The quantitative estimate of drug-likeness (QED) is 0.0346. The summed E-state index contributed by atoms with van der Waals surface area (Å²) in [6, 6.07) is 0. The lowest BCUT2D eigenvalue weighted by Crippen LogP contribution is -2.35. The predicted molar refractivity (Wildman–Crippen MR) is 321 cm³/mol. The van der Waals surface area contributed by atoms with Crippen LogP contribution in [0, 0.1) is 5.92 Å². The molecule has 0 aromatic heterocycles. The van der Waals surface area contributed by atoms with E-state index in [4.69, 9.17) is 4.74 Å². The van der Waals surface area contributed by atoms with Crippen LogP contribution in [0.15, 0.2) is 12.2 Å². The SMILES string of the molecule is CCCCCCCCCCCCCCCCCCCCCCCCCCCCCCCCCCCC/C=C/CCC(CC(=O)N(CCCCCCCC)CCCCCCCC)C(=O)OCCCCCCCC. The molecule has 1 amide bonds. The van der Waals surface area contributed by atoms with Gasteiger partial charge in [0, 0.05) is 19.5 Å². The highest BCUT2D eigenvalue weighted by Crippen LogP contribution is 2.21. The van der Waals surface area contributed by atoms with Crippen molar-refractivity contribution in [3.8, 4) is 0 Å². The number of unbranched alkanes of at least 4 members (excludes halogenated alkanes) is 49. The molecule has 0 radical (unpaired) electrons. The smallest absolute Gasteiger partial charge is 0.309 e. The van der Waals surface area contributed by atoms with Gasteiger partial charge in [-0.05, 0) is 44.9 Å². The van der Waals surface area contributed by atoms with Crippen LogP contribution in [0.4, 0.5) is 0 Å². The summed E-state index contributed by atoms with van der Waals surface area (Å²) >= 11 is 0. The first kappa shape index (κ1) is 70.7. The summed E-state index contributed by atoms with van der Waals surface area (Å²) in [5.74, 6) is -0.322. The zero-order chi connectivity index (χ0) is 52.2. The number of nitrogens with zero attached hydrogens (tertiary/aromatic N) is 1. The lowest BCUT2D eigenvalue weighted by atomic mass is 9.97. The minimum atomic E-state index is -0.341. The third-order valence-electron chi connectivity index (χ3n) is 16.0. The summed E-state index contributed by atoms with van der Waals surface area (Å²) in [5.41, 5.74) is 0. The number of carbonyl (C=O) groups excluding carboxylic acids is 2. The van der Waals surface area contributed by atoms with Gasteiger partial charge in [-0.3, -0.25) is 9.59 Å². The van der Waals surface area contributed by atoms with Crippen molar-refractivity contribution in [3.05, 3.63) is 12.2 Å². The molecule has 0 aromatic rings. The second kappa shape index (κ2) is 62.2. The molecule has 72 heavy (non-hydrogen) atoms. The Morgan fingerprint density at radius 1 is 0.319 bits per heavy atom. The summed E-state index contributed by atoms with van der Waals surface area (Å²) in [5, 5.41) is 0. The fourth-order valence-corrected chi connectivity index (χ4v) is 10.9. The van der Waals surface area contributed by atoms with Crippen molar-refractivity contribution >= 4 is 11.9 Å². The number of hydrogen-bond acceptors (Lipinski definition) is 3. The van der Waals surface area contributed by atoms with E-state index in [9.17, 15) is 9.59 Å². The first-order chi connectivity index (χ1) is 35.6. The predicted octanol–water partition coefficient (Wildman–Crippen LogP) is 23.5. The molecule has 0 aliphatic rings. The van der Waals surface area contributed by atoms with Crippen LogP contribution in [0.3, 0.4) is 0 Å². The number of ether oxygens (including phenoxy) is 1. The van der Waals surface area contributed by atoms with Gasteiger partial charge in [0.25, 0.3) is 0 Å². The molecule has 4 nitrogen and oxygen atoms in total. The molecule has 1 unspecified atom stereocenters. The van der Waals surface area contributed by atoms with E-state index in [1.54, 1.807) is 0 Å². The number of amides is 1. The third kappa shape index (κ3) is 54.9. The van der Waals surface area contributed by atoms with Crippen molar-refractivity contribution in [1.82, 2.24) is 4.90 Å². The second-order valence-electron chi connectivity index (χ2n) is 23.3. The molecule has 0 aliphatic carbocycles. The molecular formula is C68H133NO3. The lowest BCUT2D eigenvalue weighted by Gasteiger charge is -2.25. The standard InChI is InChI=1S/C68H133NO3/c1-5-9-13-17-21-22-23-24-25-26-27-28-29-30-31-32-33-34-35-36-37-38-39-40-41-42-43-44-45-46-47-48-49-50-51-52-53-57-61-66(68(71)72-64-60-56-20-16-12-8-4)65-67(70)69(62-58-54-18-14-10-6-2)63-59-55-19-15-11-7-3/h52-53,66H,5-51,54-65H2,1-4H3/b53-52+. The fourth-order valence-electron chi connectivity index (χ4n) is 10.9. The zero-order valence-corrected chi connectivity index (χ0v) is 50.1. The molecule has 0 N–H and O–H groups in total. The maximum absolute atomic E-state index is 13.9. The molecule has 0 rings (SSSR count). The van der Waals surface area contributed by atoms with Crippen LogP contribution >= 0.6 is 0 Å². The van der Waals surface area contributed by atoms with Gasteiger partial charge in [-0.25, -0.2) is 0 Å². The lowest BCUT2D eigenvalue weighted by molar-refractivity contribution is -0.152. The first-order valence-electron chi connectivity index (χ1n) is 33.7. The summed E-state index contributed by atoms with van der Waals surface area (Å²) in [7, 11) is 0. The van der Waals surface area contributed by atoms with E-state index in [2.05, 4.69) is 44.7 Å². The number of esters is 1. The topological polar surface area (TPSA) is 46.6 Å². The zero-order valence-electron chi connectivity index (χ0n) is 50.1. The van der Waals surface area contributed by atoms with Gasteiger partial charge in [-0.1, -0.05) is 348 Å². The van der Waals surface area contributed by atoms with Gasteiger partial charge < -0.3 is 9.64 Å². The van der Waals surface area contributed by atoms with E-state index in [-0.39, 0.29) is 17.8 Å². The first-order valence-corrected chi connectivity index (χ1v) is 33.7. The number of rotatable bonds is 62. The highest BCUT2D eigenvalue weighted by atomic mass is 16.5. The summed E-state index contributed by atoms with van der Waals surface area (Å²) < 4.78 is 5.86. The van der Waals surface area contributed by atoms with Crippen molar-refractivity contribution in [2.45, 2.75) is 387 Å². The second-order valence-corrected chi connectivity index (χ2v) is 23.3. The molecule has 0 spiro atoms. The van der Waals surface area contributed by atoms with Crippen LogP contribution in [-0.4, -0.2) is 36.5 Å². The average Bonchev–Trinajstić information content (AvgIpc) is 3.38. The largest absolute Gasteiger partial charge is 0.465 e. The highest BCUT2D eigenvalue weighted by Gasteiger charge is 2.25. The molecule has 0 saturated heterocycles. The number of allylic oxidation sites excluding steroid dienone is 2. The Labute approximate surface area is 454 Å². The normalized spacial score (nSPS) is 12.1. The Hall–Kier alpha value is -1.32. The minimum absolute atomic E-state index is 0.147. The monoisotopic (exact) mass is 1010 g/mol. The number of hydrogen-bond donors (Lipinski definition) is 0. The fraction of sp³-hybridized carbons (Fsp3) is 0.941. The molecule has 1 atom stereocenters. The van der Waals surface area contributed by atoms with Gasteiger partial charge in [-0.2, -0.15) is 0 Å². The van der Waals surface area contributed by atoms with E-state index in [0.29, 0.717) is 19.4 Å². The van der Waals surface area contributed by atoms with Gasteiger partial charge in [0.05, 0.1) is 12.5 Å². The molecule has 0 aromatic carbocycles. The van der Waals surface area contributed by atoms with Gasteiger partial charge in [0.15, 0.2) is 0 Å². The average molecular weight is 1010 g/mol. The van der Waals surface area contributed by atoms with Crippen molar-refractivity contribution in [2.24, 2.45) is 5.92 Å². The van der Waals surface area contributed by atoms with Crippen molar-refractivity contribution < 1.29 is 14.3 Å². The van der Waals surface area contributed by atoms with E-state index in [1.807, 2.05) is 0 Å². The molecule has 428 valence electrons. The molecular weight excluding hydrogens is 879 g/mol. The summed E-state index contributed by atoms with van der Waals surface area (Å²) in [4.78, 5) is 29.4. The van der Waals surface area contributed by atoms with E-state index in [0.717, 1.165) is 51.6 Å². The van der Waals surface area contributed by atoms with Crippen molar-refractivity contribution in [2.75, 3.05) is 19.7 Å². The number of carbonyl (C=O) groups is 2. The molecule has 4 heteroatoms. The maximum atomic E-state index is 13.9. The van der Waals surface area contributed by atoms with Crippen molar-refractivity contribution in [1.29, 1.82) is 0 Å². The van der Waals surface area contributed by atoms with Gasteiger partial charge >= 0.3 is 5.97 Å².